The summed E-state index contributed by atoms with van der Waals surface area (Å²) in [4.78, 5) is 7.17. The highest BCUT2D eigenvalue weighted by Crippen LogP contribution is 2.13. The van der Waals surface area contributed by atoms with E-state index < -0.39 is 0 Å². The van der Waals surface area contributed by atoms with Gasteiger partial charge in [-0.3, -0.25) is 4.99 Å². The second kappa shape index (κ2) is 12.7. The highest BCUT2D eigenvalue weighted by atomic mass is 16.5. The van der Waals surface area contributed by atoms with E-state index in [4.69, 9.17) is 14.5 Å². The predicted octanol–water partition coefficient (Wildman–Crippen LogP) is 3.45. The van der Waals surface area contributed by atoms with Crippen molar-refractivity contribution in [2.75, 3.05) is 39.4 Å². The first-order valence-corrected chi connectivity index (χ1v) is 10.1. The average molecular weight is 362 g/mol. The first-order valence-electron chi connectivity index (χ1n) is 10.1. The summed E-state index contributed by atoms with van der Waals surface area (Å²) in [5.74, 6) is 1.05. The number of nitrogens with zero attached hydrogens (tertiary/aromatic N) is 2. The van der Waals surface area contributed by atoms with Gasteiger partial charge in [-0.05, 0) is 45.1 Å². The second-order valence-corrected chi connectivity index (χ2v) is 6.62. The molecule has 5 nitrogen and oxygen atoms in total. The minimum absolute atomic E-state index is 0.417. The molecule has 1 aliphatic rings. The Hall–Kier alpha value is -1.59. The molecule has 0 saturated carbocycles. The molecule has 0 atom stereocenters. The van der Waals surface area contributed by atoms with Gasteiger partial charge in [0.15, 0.2) is 5.96 Å². The molecular formula is C21H35N3O2. The third-order valence-corrected chi connectivity index (χ3v) is 4.55. The number of piperidine rings is 1. The first kappa shape index (κ1) is 20.7. The Morgan fingerprint density at radius 1 is 1.15 bits per heavy atom. The van der Waals surface area contributed by atoms with Crippen LogP contribution in [-0.4, -0.2) is 56.4 Å². The molecule has 0 spiro atoms. The fourth-order valence-electron chi connectivity index (χ4n) is 3.16. The summed E-state index contributed by atoms with van der Waals surface area (Å²) in [5, 5.41) is 3.43. The average Bonchev–Trinajstić information content (AvgIpc) is 2.68. The summed E-state index contributed by atoms with van der Waals surface area (Å²) < 4.78 is 11.5. The Morgan fingerprint density at radius 3 is 2.62 bits per heavy atom. The smallest absolute Gasteiger partial charge is 0.193 e. The van der Waals surface area contributed by atoms with Crippen LogP contribution in [0.25, 0.3) is 0 Å². The molecule has 0 unspecified atom stereocenters. The van der Waals surface area contributed by atoms with Crippen LogP contribution in [0.1, 0.15) is 45.1 Å². The summed E-state index contributed by atoms with van der Waals surface area (Å²) >= 11 is 0. The van der Waals surface area contributed by atoms with Crippen LogP contribution in [0.2, 0.25) is 0 Å². The minimum atomic E-state index is 0.417. The summed E-state index contributed by atoms with van der Waals surface area (Å²) in [7, 11) is 0. The topological polar surface area (TPSA) is 46.1 Å². The second-order valence-electron chi connectivity index (χ2n) is 6.62. The van der Waals surface area contributed by atoms with Crippen molar-refractivity contribution in [2.24, 2.45) is 4.99 Å². The van der Waals surface area contributed by atoms with E-state index in [2.05, 4.69) is 36.2 Å². The Morgan fingerprint density at radius 2 is 1.92 bits per heavy atom. The van der Waals surface area contributed by atoms with Gasteiger partial charge >= 0.3 is 0 Å². The summed E-state index contributed by atoms with van der Waals surface area (Å²) in [6.07, 6.45) is 4.69. The minimum Gasteiger partial charge on any atom is -0.378 e. The lowest BCUT2D eigenvalue weighted by atomic mass is 10.1. The Balaban J connectivity index is 1.62. The number of likely N-dealkylation sites (tertiary alicyclic amines) is 1. The van der Waals surface area contributed by atoms with Gasteiger partial charge in [0.05, 0.1) is 12.7 Å². The predicted molar refractivity (Wildman–Crippen MR) is 108 cm³/mol. The normalized spacial score (nSPS) is 16.1. The molecule has 1 heterocycles. The van der Waals surface area contributed by atoms with E-state index in [1.165, 1.54) is 5.56 Å². The zero-order valence-electron chi connectivity index (χ0n) is 16.5. The lowest BCUT2D eigenvalue weighted by Crippen LogP contribution is -2.47. The molecule has 1 aromatic carbocycles. The molecule has 0 bridgehead atoms. The van der Waals surface area contributed by atoms with E-state index in [1.807, 2.05) is 18.2 Å². The summed E-state index contributed by atoms with van der Waals surface area (Å²) in [6, 6.07) is 10.3. The number of hydrogen-bond acceptors (Lipinski definition) is 3. The Bertz CT molecular complexity index is 499. The monoisotopic (exact) mass is 361 g/mol. The Labute approximate surface area is 158 Å². The quantitative estimate of drug-likeness (QED) is 0.394. The van der Waals surface area contributed by atoms with Crippen LogP contribution >= 0.6 is 0 Å². The zero-order chi connectivity index (χ0) is 18.5. The molecule has 1 saturated heterocycles. The van der Waals surface area contributed by atoms with E-state index in [0.29, 0.717) is 12.7 Å². The third-order valence-electron chi connectivity index (χ3n) is 4.55. The van der Waals surface area contributed by atoms with Gasteiger partial charge in [0, 0.05) is 39.4 Å². The number of ether oxygens (including phenoxy) is 2. The molecule has 146 valence electrons. The van der Waals surface area contributed by atoms with Crippen LogP contribution in [0, 0.1) is 0 Å². The van der Waals surface area contributed by atoms with Crippen molar-refractivity contribution in [1.29, 1.82) is 0 Å². The molecule has 1 aliphatic heterocycles. The van der Waals surface area contributed by atoms with Gasteiger partial charge in [-0.25, -0.2) is 0 Å². The van der Waals surface area contributed by atoms with Crippen molar-refractivity contribution in [1.82, 2.24) is 10.2 Å². The number of guanidine groups is 1. The fraction of sp³-hybridized carbons (Fsp3) is 0.667. The van der Waals surface area contributed by atoms with Gasteiger partial charge in [-0.2, -0.15) is 0 Å². The number of nitrogens with one attached hydrogen (secondary N) is 1. The standard InChI is InChI=1S/C21H35N3O2/c1-3-22-21(24-15-12-20(13-16-24)26-4-2)23-14-8-9-17-25-18-19-10-6-5-7-11-19/h5-7,10-11,20H,3-4,8-9,12-18H2,1-2H3,(H,22,23). The van der Waals surface area contributed by atoms with E-state index in [1.54, 1.807) is 0 Å². The SMILES string of the molecule is CCNC(=NCCCCOCc1ccccc1)N1CCC(OCC)CC1. The molecule has 1 fully saturated rings. The highest BCUT2D eigenvalue weighted by Gasteiger charge is 2.21. The van der Waals surface area contributed by atoms with Gasteiger partial charge in [-0.15, -0.1) is 0 Å². The lowest BCUT2D eigenvalue weighted by Gasteiger charge is -2.34. The molecule has 0 radical (unpaired) electrons. The van der Waals surface area contributed by atoms with E-state index in [0.717, 1.165) is 71.0 Å². The zero-order valence-corrected chi connectivity index (χ0v) is 16.5. The van der Waals surface area contributed by atoms with Crippen LogP contribution in [0.15, 0.2) is 35.3 Å². The van der Waals surface area contributed by atoms with Crippen molar-refractivity contribution < 1.29 is 9.47 Å². The van der Waals surface area contributed by atoms with Gasteiger partial charge in [0.25, 0.3) is 0 Å². The number of benzene rings is 1. The number of rotatable bonds is 10. The number of aliphatic imine (C=N–C) groups is 1. The lowest BCUT2D eigenvalue weighted by molar-refractivity contribution is 0.0263. The maximum absolute atomic E-state index is 5.74. The van der Waals surface area contributed by atoms with Gasteiger partial charge < -0.3 is 19.7 Å². The van der Waals surface area contributed by atoms with Gasteiger partial charge in [0.1, 0.15) is 0 Å². The van der Waals surface area contributed by atoms with Crippen molar-refractivity contribution in [3.8, 4) is 0 Å². The van der Waals surface area contributed by atoms with Crippen molar-refractivity contribution in [3.63, 3.8) is 0 Å². The maximum Gasteiger partial charge on any atom is 0.193 e. The maximum atomic E-state index is 5.74. The molecular weight excluding hydrogens is 326 g/mol. The Kier molecular flexibility index (Phi) is 10.1. The molecule has 2 rings (SSSR count). The fourth-order valence-corrected chi connectivity index (χ4v) is 3.16. The van der Waals surface area contributed by atoms with E-state index >= 15 is 0 Å². The molecule has 0 aromatic heterocycles. The third kappa shape index (κ3) is 7.75. The van der Waals surface area contributed by atoms with Crippen molar-refractivity contribution in [2.45, 2.75) is 52.2 Å². The van der Waals surface area contributed by atoms with Crippen LogP contribution < -0.4 is 5.32 Å². The van der Waals surface area contributed by atoms with Gasteiger partial charge in [0.2, 0.25) is 0 Å². The number of hydrogen-bond donors (Lipinski definition) is 1. The molecule has 1 aromatic rings. The summed E-state index contributed by atoms with van der Waals surface area (Å²) in [6.45, 7) is 10.3. The molecule has 26 heavy (non-hydrogen) atoms. The van der Waals surface area contributed by atoms with Crippen LogP contribution in [-0.2, 0) is 16.1 Å². The summed E-state index contributed by atoms with van der Waals surface area (Å²) in [5.41, 5.74) is 1.23. The number of unbranched alkanes of at least 4 members (excludes halogenated alkanes) is 1. The van der Waals surface area contributed by atoms with Crippen LogP contribution in [0.4, 0.5) is 0 Å². The van der Waals surface area contributed by atoms with Crippen LogP contribution in [0.3, 0.4) is 0 Å². The molecule has 5 heteroatoms. The first-order chi connectivity index (χ1) is 12.8. The molecule has 0 amide bonds. The molecule has 0 aliphatic carbocycles. The molecule has 1 N–H and O–H groups in total. The highest BCUT2D eigenvalue weighted by molar-refractivity contribution is 5.80. The van der Waals surface area contributed by atoms with E-state index in [9.17, 15) is 0 Å². The van der Waals surface area contributed by atoms with Gasteiger partial charge in [-0.1, -0.05) is 30.3 Å². The largest absolute Gasteiger partial charge is 0.378 e. The van der Waals surface area contributed by atoms with E-state index in [-0.39, 0.29) is 0 Å². The van der Waals surface area contributed by atoms with Crippen molar-refractivity contribution >= 4 is 5.96 Å². The van der Waals surface area contributed by atoms with Crippen molar-refractivity contribution in [3.05, 3.63) is 35.9 Å². The van der Waals surface area contributed by atoms with Crippen LogP contribution in [0.5, 0.6) is 0 Å².